The van der Waals surface area contributed by atoms with Crippen LogP contribution in [0, 0.1) is 12.3 Å². The first-order valence-corrected chi connectivity index (χ1v) is 7.76. The van der Waals surface area contributed by atoms with E-state index in [1.165, 1.54) is 0 Å². The Labute approximate surface area is 115 Å². The highest BCUT2D eigenvalue weighted by atomic mass is 32.2. The Bertz CT molecular complexity index is 519. The minimum atomic E-state index is -3.44. The first-order valence-electron chi connectivity index (χ1n) is 5.94. The molecule has 0 aliphatic carbocycles. The minimum absolute atomic E-state index is 0.0758. The van der Waals surface area contributed by atoms with Crippen molar-refractivity contribution in [3.63, 3.8) is 0 Å². The van der Waals surface area contributed by atoms with Crippen LogP contribution in [0.5, 0.6) is 0 Å². The molecule has 1 aromatic rings. The van der Waals surface area contributed by atoms with Crippen LogP contribution in [0.2, 0.25) is 0 Å². The number of likely N-dealkylation sites (N-methyl/N-ethyl adjacent to an activating group) is 1. The van der Waals surface area contributed by atoms with Gasteiger partial charge in [-0.15, -0.1) is 6.42 Å². The van der Waals surface area contributed by atoms with Gasteiger partial charge in [-0.05, 0) is 19.0 Å². The summed E-state index contributed by atoms with van der Waals surface area (Å²) in [6, 6.07) is 9.76. The van der Waals surface area contributed by atoms with Gasteiger partial charge < -0.3 is 0 Å². The van der Waals surface area contributed by atoms with Gasteiger partial charge in [0.2, 0.25) is 0 Å². The third-order valence-electron chi connectivity index (χ3n) is 2.75. The first-order chi connectivity index (χ1) is 8.92. The van der Waals surface area contributed by atoms with Crippen molar-refractivity contribution in [1.29, 1.82) is 0 Å². The Morgan fingerprint density at radius 1 is 1.37 bits per heavy atom. The molecule has 0 aliphatic heterocycles. The topological polar surface area (TPSA) is 46.6 Å². The molecule has 0 spiro atoms. The predicted molar refractivity (Wildman–Crippen MR) is 76.2 cm³/mol. The van der Waals surface area contributed by atoms with E-state index in [-0.39, 0.29) is 12.6 Å². The molecule has 5 heteroatoms. The normalized spacial score (nSPS) is 13.2. The van der Waals surface area contributed by atoms with E-state index in [1.54, 1.807) is 0 Å². The Hall–Kier alpha value is -1.35. The van der Waals surface area contributed by atoms with Crippen molar-refractivity contribution in [1.82, 2.24) is 4.90 Å². The van der Waals surface area contributed by atoms with Gasteiger partial charge in [0.1, 0.15) is 0 Å². The average molecular weight is 281 g/mol. The minimum Gasteiger partial charge on any atom is -0.290 e. The largest absolute Gasteiger partial charge is 0.290 e. The lowest BCUT2D eigenvalue weighted by Crippen LogP contribution is -2.38. The van der Waals surface area contributed by atoms with Crippen LogP contribution < -0.4 is 0 Å². The maximum atomic E-state index is 11.1. The molecule has 0 N–H and O–H groups in total. The van der Waals surface area contributed by atoms with E-state index in [2.05, 4.69) is 5.92 Å². The summed E-state index contributed by atoms with van der Waals surface area (Å²) in [6.07, 6.45) is 7.03. The molecule has 1 atom stereocenters. The molecular weight excluding hydrogens is 262 g/mol. The Balaban J connectivity index is 2.72. The highest BCUT2D eigenvalue weighted by Crippen LogP contribution is 2.09. The zero-order valence-corrected chi connectivity index (χ0v) is 12.1. The van der Waals surface area contributed by atoms with Crippen LogP contribution in [0.3, 0.4) is 0 Å². The van der Waals surface area contributed by atoms with Crippen LogP contribution in [0.4, 0.5) is 0 Å². The van der Waals surface area contributed by atoms with Crippen LogP contribution >= 0.6 is 0 Å². The predicted octanol–water partition coefficient (Wildman–Crippen LogP) is 1.14. The van der Waals surface area contributed by atoms with Gasteiger partial charge in [-0.3, -0.25) is 9.08 Å². The highest BCUT2D eigenvalue weighted by Gasteiger charge is 2.17. The zero-order chi connectivity index (χ0) is 14.3. The Morgan fingerprint density at radius 2 is 2.00 bits per heavy atom. The molecule has 1 aromatic carbocycles. The summed E-state index contributed by atoms with van der Waals surface area (Å²) < 4.78 is 27.1. The summed E-state index contributed by atoms with van der Waals surface area (Å²) in [6.45, 7) is 0.552. The lowest BCUT2D eigenvalue weighted by Gasteiger charge is -2.25. The maximum absolute atomic E-state index is 11.1. The first kappa shape index (κ1) is 15.7. The van der Waals surface area contributed by atoms with E-state index in [4.69, 9.17) is 10.6 Å². The number of hydrogen-bond acceptors (Lipinski definition) is 4. The second kappa shape index (κ2) is 7.29. The summed E-state index contributed by atoms with van der Waals surface area (Å²) >= 11 is 0. The molecule has 0 aromatic heterocycles. The van der Waals surface area contributed by atoms with Crippen LogP contribution in [0.25, 0.3) is 0 Å². The van der Waals surface area contributed by atoms with Gasteiger partial charge in [0.05, 0.1) is 19.4 Å². The summed E-state index contributed by atoms with van der Waals surface area (Å²) in [5.74, 6) is 2.55. The Morgan fingerprint density at radius 3 is 2.53 bits per heavy atom. The number of terminal acetylenes is 1. The van der Waals surface area contributed by atoms with Gasteiger partial charge in [0.25, 0.3) is 10.1 Å². The Kier molecular flexibility index (Phi) is 6.03. The lowest BCUT2D eigenvalue weighted by atomic mass is 10.1. The van der Waals surface area contributed by atoms with Gasteiger partial charge in [-0.1, -0.05) is 36.3 Å². The number of nitrogens with zero attached hydrogens (tertiary/aromatic N) is 1. The fourth-order valence-corrected chi connectivity index (χ4v) is 2.11. The molecule has 1 rings (SSSR count). The molecule has 0 bridgehead atoms. The third kappa shape index (κ3) is 6.39. The van der Waals surface area contributed by atoms with Crippen LogP contribution in [0.1, 0.15) is 5.56 Å². The third-order valence-corrected chi connectivity index (χ3v) is 3.32. The summed E-state index contributed by atoms with van der Waals surface area (Å²) in [7, 11) is -1.58. The van der Waals surface area contributed by atoms with Gasteiger partial charge in [-0.25, -0.2) is 0 Å². The fourth-order valence-electron chi connectivity index (χ4n) is 1.70. The molecule has 0 amide bonds. The van der Waals surface area contributed by atoms with Crippen molar-refractivity contribution < 1.29 is 12.6 Å². The van der Waals surface area contributed by atoms with Crippen molar-refractivity contribution in [2.24, 2.45) is 0 Å². The van der Waals surface area contributed by atoms with E-state index < -0.39 is 10.1 Å². The van der Waals surface area contributed by atoms with Crippen molar-refractivity contribution in [3.05, 3.63) is 35.9 Å². The molecule has 0 aliphatic rings. The summed E-state index contributed by atoms with van der Waals surface area (Å²) in [5, 5.41) is 0. The molecule has 104 valence electrons. The lowest BCUT2D eigenvalue weighted by molar-refractivity contribution is 0.178. The molecule has 0 saturated heterocycles. The molecule has 0 fully saturated rings. The molecule has 0 heterocycles. The standard InChI is InChI=1S/C14H19NO3S/c1-4-10-15(2)14(12-18-19(3,16)17)11-13-8-6-5-7-9-13/h1,5-9,14H,10-12H2,2-3H3/t14-/m1/s1. The number of hydrogen-bond donors (Lipinski definition) is 0. The average Bonchev–Trinajstić information content (AvgIpc) is 2.35. The fraction of sp³-hybridized carbons (Fsp3) is 0.429. The van der Waals surface area contributed by atoms with E-state index >= 15 is 0 Å². The van der Waals surface area contributed by atoms with E-state index in [0.29, 0.717) is 13.0 Å². The van der Waals surface area contributed by atoms with Crippen molar-refractivity contribution >= 4 is 10.1 Å². The van der Waals surface area contributed by atoms with Crippen LogP contribution in [-0.4, -0.2) is 45.8 Å². The van der Waals surface area contributed by atoms with E-state index in [0.717, 1.165) is 11.8 Å². The quantitative estimate of drug-likeness (QED) is 0.555. The van der Waals surface area contributed by atoms with Crippen molar-refractivity contribution in [3.8, 4) is 12.3 Å². The number of rotatable bonds is 7. The molecule has 0 unspecified atom stereocenters. The monoisotopic (exact) mass is 281 g/mol. The molecule has 4 nitrogen and oxygen atoms in total. The SMILES string of the molecule is C#CCN(C)[C@@H](COS(C)(=O)=O)Cc1ccccc1. The molecule has 0 saturated carbocycles. The number of benzene rings is 1. The molecule has 0 radical (unpaired) electrons. The second-order valence-electron chi connectivity index (χ2n) is 4.45. The smallest absolute Gasteiger partial charge is 0.264 e. The summed E-state index contributed by atoms with van der Waals surface area (Å²) in [5.41, 5.74) is 1.12. The second-order valence-corrected chi connectivity index (χ2v) is 6.10. The maximum Gasteiger partial charge on any atom is 0.264 e. The highest BCUT2D eigenvalue weighted by molar-refractivity contribution is 7.85. The van der Waals surface area contributed by atoms with Crippen LogP contribution in [-0.2, 0) is 20.7 Å². The van der Waals surface area contributed by atoms with E-state index in [1.807, 2.05) is 42.3 Å². The zero-order valence-electron chi connectivity index (χ0n) is 11.2. The van der Waals surface area contributed by atoms with E-state index in [9.17, 15) is 8.42 Å². The van der Waals surface area contributed by atoms with Gasteiger partial charge in [0.15, 0.2) is 0 Å². The van der Waals surface area contributed by atoms with Gasteiger partial charge >= 0.3 is 0 Å². The van der Waals surface area contributed by atoms with Crippen molar-refractivity contribution in [2.75, 3.05) is 26.5 Å². The summed E-state index contributed by atoms with van der Waals surface area (Å²) in [4.78, 5) is 1.91. The van der Waals surface area contributed by atoms with Crippen LogP contribution in [0.15, 0.2) is 30.3 Å². The van der Waals surface area contributed by atoms with Crippen molar-refractivity contribution in [2.45, 2.75) is 12.5 Å². The molecular formula is C14H19NO3S. The molecule has 19 heavy (non-hydrogen) atoms. The van der Waals surface area contributed by atoms with Gasteiger partial charge in [0, 0.05) is 6.04 Å². The van der Waals surface area contributed by atoms with Gasteiger partial charge in [-0.2, -0.15) is 8.42 Å².